The van der Waals surface area contributed by atoms with Crippen molar-refractivity contribution >= 4 is 32.7 Å². The highest BCUT2D eigenvalue weighted by Crippen LogP contribution is 2.14. The van der Waals surface area contributed by atoms with Gasteiger partial charge < -0.3 is 0 Å². The average molecular weight is 327 g/mol. The van der Waals surface area contributed by atoms with E-state index in [2.05, 4.69) is 18.8 Å². The van der Waals surface area contributed by atoms with Crippen LogP contribution in [-0.4, -0.2) is 29.0 Å². The third-order valence-corrected chi connectivity index (χ3v) is 4.90. The number of hydrogen-bond donors (Lipinski definition) is 1. The maximum atomic E-state index is 12.4. The van der Waals surface area contributed by atoms with Crippen LogP contribution >= 0.6 is 11.8 Å². The molecule has 1 heterocycles. The van der Waals surface area contributed by atoms with Gasteiger partial charge in [-0.05, 0) is 23.4 Å². The Labute approximate surface area is 127 Å². The molecule has 1 aromatic carbocycles. The summed E-state index contributed by atoms with van der Waals surface area (Å²) in [6.07, 6.45) is 1.49. The molecular weight excluding hydrogens is 310 g/mol. The highest BCUT2D eigenvalue weighted by Gasteiger charge is 2.11. The highest BCUT2D eigenvalue weighted by molar-refractivity contribution is 7.99. The van der Waals surface area contributed by atoms with Gasteiger partial charge in [0.2, 0.25) is 10.0 Å². The van der Waals surface area contributed by atoms with E-state index in [0.717, 1.165) is 5.75 Å². The monoisotopic (exact) mass is 327 g/mol. The van der Waals surface area contributed by atoms with Crippen LogP contribution in [0.1, 0.15) is 13.8 Å². The summed E-state index contributed by atoms with van der Waals surface area (Å²) in [6.45, 7) is 4.71. The van der Waals surface area contributed by atoms with Gasteiger partial charge in [-0.2, -0.15) is 11.8 Å². The molecule has 0 aliphatic carbocycles. The lowest BCUT2D eigenvalue weighted by atomic mass is 10.2. The molecule has 2 N–H and O–H groups in total. The minimum absolute atomic E-state index is 0.0804. The Balaban J connectivity index is 2.42. The molecule has 0 bridgehead atoms. The summed E-state index contributed by atoms with van der Waals surface area (Å²) in [5, 5.41) is 5.84. The Hall–Kier alpha value is -1.38. The number of nitrogens with two attached hydrogens (primary N) is 1. The van der Waals surface area contributed by atoms with Crippen LogP contribution in [0.4, 0.5) is 0 Å². The van der Waals surface area contributed by atoms with Crippen LogP contribution in [0, 0.1) is 0 Å². The standard InChI is InChI=1S/C13H17N3O3S2/c1-9(2)20-6-5-16-8-15-12-4-3-10(21(14,18)19)7-11(12)13(16)17/h3-4,7-9H,5-6H2,1-2H3,(H2,14,18,19). The Morgan fingerprint density at radius 2 is 2.10 bits per heavy atom. The molecule has 21 heavy (non-hydrogen) atoms. The molecule has 8 heteroatoms. The quantitative estimate of drug-likeness (QED) is 0.890. The summed E-state index contributed by atoms with van der Waals surface area (Å²) in [7, 11) is -3.83. The second kappa shape index (κ2) is 6.17. The van der Waals surface area contributed by atoms with Gasteiger partial charge in [-0.1, -0.05) is 13.8 Å². The predicted molar refractivity (Wildman–Crippen MR) is 85.0 cm³/mol. The van der Waals surface area contributed by atoms with Gasteiger partial charge in [-0.3, -0.25) is 9.36 Å². The number of nitrogens with zero attached hydrogens (tertiary/aromatic N) is 2. The third kappa shape index (κ3) is 3.84. The lowest BCUT2D eigenvalue weighted by Gasteiger charge is -2.08. The Morgan fingerprint density at radius 3 is 2.71 bits per heavy atom. The molecule has 0 spiro atoms. The third-order valence-electron chi connectivity index (χ3n) is 2.91. The first-order chi connectivity index (χ1) is 9.79. The molecule has 0 saturated carbocycles. The zero-order chi connectivity index (χ0) is 15.6. The van der Waals surface area contributed by atoms with Crippen molar-refractivity contribution in [3.63, 3.8) is 0 Å². The molecule has 114 valence electrons. The number of hydrogen-bond acceptors (Lipinski definition) is 5. The molecule has 2 aromatic rings. The van der Waals surface area contributed by atoms with Gasteiger partial charge in [0.05, 0.1) is 22.1 Å². The minimum Gasteiger partial charge on any atom is -0.298 e. The van der Waals surface area contributed by atoms with E-state index in [1.165, 1.54) is 29.1 Å². The summed E-state index contributed by atoms with van der Waals surface area (Å²) in [5.41, 5.74) is 0.204. The second-order valence-electron chi connectivity index (χ2n) is 4.89. The minimum atomic E-state index is -3.83. The Morgan fingerprint density at radius 1 is 1.38 bits per heavy atom. The van der Waals surface area contributed by atoms with Crippen LogP contribution in [0.5, 0.6) is 0 Å². The number of thioether (sulfide) groups is 1. The molecule has 0 fully saturated rings. The van der Waals surface area contributed by atoms with Gasteiger partial charge in [0.15, 0.2) is 0 Å². The molecule has 2 rings (SSSR count). The fraction of sp³-hybridized carbons (Fsp3) is 0.385. The van der Waals surface area contributed by atoms with Crippen molar-refractivity contribution in [2.45, 2.75) is 30.5 Å². The molecular formula is C13H17N3O3S2. The van der Waals surface area contributed by atoms with E-state index in [4.69, 9.17) is 5.14 Å². The number of primary sulfonamides is 1. The molecule has 6 nitrogen and oxygen atoms in total. The van der Waals surface area contributed by atoms with Gasteiger partial charge in [0.1, 0.15) is 0 Å². The van der Waals surface area contributed by atoms with E-state index < -0.39 is 10.0 Å². The smallest absolute Gasteiger partial charge is 0.261 e. The maximum Gasteiger partial charge on any atom is 0.261 e. The van der Waals surface area contributed by atoms with E-state index in [1.54, 1.807) is 11.8 Å². The Kier molecular flexibility index (Phi) is 4.70. The van der Waals surface area contributed by atoms with Crippen molar-refractivity contribution in [1.82, 2.24) is 9.55 Å². The Bertz CT molecular complexity index is 813. The number of benzene rings is 1. The van der Waals surface area contributed by atoms with Gasteiger partial charge in [-0.15, -0.1) is 0 Å². The summed E-state index contributed by atoms with van der Waals surface area (Å²) in [4.78, 5) is 16.5. The lowest BCUT2D eigenvalue weighted by Crippen LogP contribution is -2.22. The summed E-state index contributed by atoms with van der Waals surface area (Å²) >= 11 is 1.74. The number of fused-ring (bicyclic) bond motifs is 1. The van der Waals surface area contributed by atoms with Crippen molar-refractivity contribution in [3.8, 4) is 0 Å². The van der Waals surface area contributed by atoms with Crippen LogP contribution in [0.3, 0.4) is 0 Å². The SMILES string of the molecule is CC(C)SCCn1cnc2ccc(S(N)(=O)=O)cc2c1=O. The number of rotatable bonds is 5. The van der Waals surface area contributed by atoms with Gasteiger partial charge >= 0.3 is 0 Å². The number of aryl methyl sites for hydroxylation is 1. The van der Waals surface area contributed by atoms with Gasteiger partial charge in [0.25, 0.3) is 5.56 Å². The molecule has 0 unspecified atom stereocenters. The van der Waals surface area contributed by atoms with Crippen LogP contribution in [0.15, 0.2) is 34.2 Å². The van der Waals surface area contributed by atoms with Crippen molar-refractivity contribution < 1.29 is 8.42 Å². The van der Waals surface area contributed by atoms with E-state index in [0.29, 0.717) is 17.3 Å². The first kappa shape index (κ1) is 16.0. The second-order valence-corrected chi connectivity index (χ2v) is 8.13. The molecule has 0 saturated heterocycles. The van der Waals surface area contributed by atoms with Crippen LogP contribution in [0.25, 0.3) is 10.9 Å². The van der Waals surface area contributed by atoms with Crippen LogP contribution in [0.2, 0.25) is 0 Å². The first-order valence-corrected chi connectivity index (χ1v) is 9.02. The first-order valence-electron chi connectivity index (χ1n) is 6.42. The fourth-order valence-electron chi connectivity index (χ4n) is 1.86. The van der Waals surface area contributed by atoms with E-state index in [1.807, 2.05) is 0 Å². The fourth-order valence-corrected chi connectivity index (χ4v) is 3.17. The molecule has 0 aliphatic rings. The zero-order valence-electron chi connectivity index (χ0n) is 11.8. The maximum absolute atomic E-state index is 12.4. The molecule has 0 radical (unpaired) electrons. The molecule has 0 atom stereocenters. The molecule has 0 amide bonds. The van der Waals surface area contributed by atoms with Crippen molar-refractivity contribution in [1.29, 1.82) is 0 Å². The average Bonchev–Trinajstić information content (AvgIpc) is 2.39. The van der Waals surface area contributed by atoms with Gasteiger partial charge in [-0.25, -0.2) is 18.5 Å². The van der Waals surface area contributed by atoms with Crippen molar-refractivity contribution in [2.75, 3.05) is 5.75 Å². The topological polar surface area (TPSA) is 95.1 Å². The summed E-state index contributed by atoms with van der Waals surface area (Å²) in [6, 6.07) is 4.12. The number of sulfonamides is 1. The van der Waals surface area contributed by atoms with Crippen molar-refractivity contribution in [2.24, 2.45) is 5.14 Å². The molecule has 0 aliphatic heterocycles. The normalized spacial score (nSPS) is 12.2. The van der Waals surface area contributed by atoms with E-state index in [9.17, 15) is 13.2 Å². The van der Waals surface area contributed by atoms with E-state index in [-0.39, 0.29) is 15.8 Å². The summed E-state index contributed by atoms with van der Waals surface area (Å²) < 4.78 is 24.2. The summed E-state index contributed by atoms with van der Waals surface area (Å²) in [5.74, 6) is 0.791. The largest absolute Gasteiger partial charge is 0.298 e. The van der Waals surface area contributed by atoms with Crippen LogP contribution in [-0.2, 0) is 16.6 Å². The number of aromatic nitrogens is 2. The van der Waals surface area contributed by atoms with Crippen molar-refractivity contribution in [3.05, 3.63) is 34.9 Å². The lowest BCUT2D eigenvalue weighted by molar-refractivity contribution is 0.598. The van der Waals surface area contributed by atoms with Crippen LogP contribution < -0.4 is 10.7 Å². The van der Waals surface area contributed by atoms with E-state index >= 15 is 0 Å². The highest BCUT2D eigenvalue weighted by atomic mass is 32.2. The predicted octanol–water partition coefficient (Wildman–Crippen LogP) is 1.19. The molecule has 1 aromatic heterocycles. The zero-order valence-corrected chi connectivity index (χ0v) is 13.4. The van der Waals surface area contributed by atoms with Gasteiger partial charge in [0, 0.05) is 12.3 Å².